The molecule has 0 radical (unpaired) electrons. The van der Waals surface area contributed by atoms with Gasteiger partial charge < -0.3 is 9.84 Å². The van der Waals surface area contributed by atoms with Crippen molar-refractivity contribution < 1.29 is 9.84 Å². The van der Waals surface area contributed by atoms with E-state index in [1.807, 2.05) is 13.8 Å². The summed E-state index contributed by atoms with van der Waals surface area (Å²) in [6.07, 6.45) is 4.55. The van der Waals surface area contributed by atoms with Crippen LogP contribution in [0.5, 0.6) is 0 Å². The molecule has 0 aromatic rings. The minimum atomic E-state index is -0.557. The quantitative estimate of drug-likeness (QED) is 0.636. The number of ether oxygens (including phenoxy) is 1. The normalized spacial score (nSPS) is 22.9. The van der Waals surface area contributed by atoms with Crippen molar-refractivity contribution in [3.8, 4) is 0 Å². The molecule has 0 saturated heterocycles. The van der Waals surface area contributed by atoms with E-state index in [1.54, 1.807) is 0 Å². The van der Waals surface area contributed by atoms with Gasteiger partial charge in [0.1, 0.15) is 0 Å². The third-order valence-electron chi connectivity index (χ3n) is 2.20. The summed E-state index contributed by atoms with van der Waals surface area (Å²) < 4.78 is 5.43. The summed E-state index contributed by atoms with van der Waals surface area (Å²) in [4.78, 5) is 0. The lowest BCUT2D eigenvalue weighted by Gasteiger charge is -2.19. The molecule has 2 nitrogen and oxygen atoms in total. The molecule has 0 aliphatic heterocycles. The average Bonchev–Trinajstić information content (AvgIpc) is 2.39. The van der Waals surface area contributed by atoms with Crippen LogP contribution in [0.25, 0.3) is 0 Å². The first-order valence-electron chi connectivity index (χ1n) is 4.53. The predicted octanol–water partition coefficient (Wildman–Crippen LogP) is 1.92. The van der Waals surface area contributed by atoms with E-state index in [0.717, 1.165) is 12.8 Å². The van der Waals surface area contributed by atoms with Crippen LogP contribution in [0.15, 0.2) is 0 Å². The van der Waals surface area contributed by atoms with Crippen molar-refractivity contribution in [1.29, 1.82) is 0 Å². The van der Waals surface area contributed by atoms with Crippen molar-refractivity contribution >= 4 is 0 Å². The van der Waals surface area contributed by atoms with Gasteiger partial charge in [0.15, 0.2) is 6.29 Å². The molecule has 0 aromatic heterocycles. The van der Waals surface area contributed by atoms with Gasteiger partial charge in [0, 0.05) is 5.92 Å². The van der Waals surface area contributed by atoms with Crippen molar-refractivity contribution in [2.24, 2.45) is 5.92 Å². The minimum absolute atomic E-state index is 0.218. The molecule has 1 atom stereocenters. The first-order chi connectivity index (χ1) is 5.20. The van der Waals surface area contributed by atoms with Crippen LogP contribution in [0.4, 0.5) is 0 Å². The summed E-state index contributed by atoms with van der Waals surface area (Å²) in [5, 5.41) is 9.36. The molecule has 1 saturated carbocycles. The highest BCUT2D eigenvalue weighted by atomic mass is 16.6. The Morgan fingerprint density at radius 1 is 1.27 bits per heavy atom. The topological polar surface area (TPSA) is 29.5 Å². The number of rotatable bonds is 3. The van der Waals surface area contributed by atoms with Crippen molar-refractivity contribution in [2.45, 2.75) is 51.9 Å². The van der Waals surface area contributed by atoms with E-state index in [-0.39, 0.29) is 5.92 Å². The highest BCUT2D eigenvalue weighted by Gasteiger charge is 2.20. The number of hydrogen-bond donors (Lipinski definition) is 1. The summed E-state index contributed by atoms with van der Waals surface area (Å²) in [5.41, 5.74) is 0. The second-order valence-corrected chi connectivity index (χ2v) is 3.68. The van der Waals surface area contributed by atoms with Gasteiger partial charge in [0.2, 0.25) is 0 Å². The molecule has 0 bridgehead atoms. The molecule has 66 valence electrons. The van der Waals surface area contributed by atoms with Gasteiger partial charge in [-0.3, -0.25) is 0 Å². The van der Waals surface area contributed by atoms with E-state index in [1.165, 1.54) is 12.8 Å². The van der Waals surface area contributed by atoms with Gasteiger partial charge in [-0.2, -0.15) is 0 Å². The molecule has 0 aromatic carbocycles. The molecule has 0 amide bonds. The van der Waals surface area contributed by atoms with Crippen molar-refractivity contribution in [2.75, 3.05) is 0 Å². The molecule has 1 fully saturated rings. The fourth-order valence-corrected chi connectivity index (χ4v) is 1.38. The van der Waals surface area contributed by atoms with Crippen LogP contribution in [0.3, 0.4) is 0 Å². The van der Waals surface area contributed by atoms with Crippen LogP contribution in [0.2, 0.25) is 0 Å². The van der Waals surface area contributed by atoms with Gasteiger partial charge >= 0.3 is 0 Å². The molecular formula is C9H18O2. The zero-order valence-electron chi connectivity index (χ0n) is 7.42. The van der Waals surface area contributed by atoms with Crippen LogP contribution in [0, 0.1) is 5.92 Å². The third-order valence-corrected chi connectivity index (χ3v) is 2.20. The Kier molecular flexibility index (Phi) is 3.34. The van der Waals surface area contributed by atoms with Crippen molar-refractivity contribution in [3.63, 3.8) is 0 Å². The van der Waals surface area contributed by atoms with E-state index in [9.17, 15) is 5.11 Å². The van der Waals surface area contributed by atoms with Gasteiger partial charge in [-0.05, 0) is 12.8 Å². The molecule has 11 heavy (non-hydrogen) atoms. The molecule has 1 N–H and O–H groups in total. The number of hydrogen-bond acceptors (Lipinski definition) is 2. The van der Waals surface area contributed by atoms with Crippen molar-refractivity contribution in [3.05, 3.63) is 0 Å². The predicted molar refractivity (Wildman–Crippen MR) is 44.2 cm³/mol. The zero-order chi connectivity index (χ0) is 8.27. The van der Waals surface area contributed by atoms with Gasteiger partial charge in [0.05, 0.1) is 6.10 Å². The Bertz CT molecular complexity index is 106. The Hall–Kier alpha value is -0.0800. The molecule has 0 heterocycles. The van der Waals surface area contributed by atoms with E-state index in [4.69, 9.17) is 4.74 Å². The summed E-state index contributed by atoms with van der Waals surface area (Å²) in [6, 6.07) is 0. The highest BCUT2D eigenvalue weighted by Crippen LogP contribution is 2.23. The molecule has 0 spiro atoms. The molecule has 1 unspecified atom stereocenters. The third kappa shape index (κ3) is 2.80. The molecule has 2 heteroatoms. The Balaban J connectivity index is 2.18. The maximum atomic E-state index is 9.36. The summed E-state index contributed by atoms with van der Waals surface area (Å²) >= 11 is 0. The Morgan fingerprint density at radius 3 is 2.27 bits per heavy atom. The second-order valence-electron chi connectivity index (χ2n) is 3.68. The van der Waals surface area contributed by atoms with Crippen molar-refractivity contribution in [1.82, 2.24) is 0 Å². The second kappa shape index (κ2) is 4.07. The highest BCUT2D eigenvalue weighted by molar-refractivity contribution is 4.67. The van der Waals surface area contributed by atoms with Gasteiger partial charge in [-0.1, -0.05) is 26.7 Å². The molecule has 1 aliphatic carbocycles. The monoisotopic (exact) mass is 158 g/mol. The van der Waals surface area contributed by atoms with Crippen LogP contribution < -0.4 is 0 Å². The molecule has 1 aliphatic rings. The minimum Gasteiger partial charge on any atom is -0.368 e. The SMILES string of the molecule is CC(C)C(O)OC1CCCC1. The van der Waals surface area contributed by atoms with E-state index in [0.29, 0.717) is 6.10 Å². The van der Waals surface area contributed by atoms with E-state index < -0.39 is 6.29 Å². The lowest BCUT2D eigenvalue weighted by molar-refractivity contribution is -0.156. The fourth-order valence-electron chi connectivity index (χ4n) is 1.38. The molecule has 1 rings (SSSR count). The maximum absolute atomic E-state index is 9.36. The average molecular weight is 158 g/mol. The van der Waals surface area contributed by atoms with Crippen LogP contribution >= 0.6 is 0 Å². The smallest absolute Gasteiger partial charge is 0.157 e. The van der Waals surface area contributed by atoms with Crippen LogP contribution in [-0.4, -0.2) is 17.5 Å². The first kappa shape index (κ1) is 9.01. The van der Waals surface area contributed by atoms with Crippen LogP contribution in [-0.2, 0) is 4.74 Å². The van der Waals surface area contributed by atoms with E-state index in [2.05, 4.69) is 0 Å². The summed E-state index contributed by atoms with van der Waals surface area (Å²) in [7, 11) is 0. The van der Waals surface area contributed by atoms with E-state index >= 15 is 0 Å². The zero-order valence-corrected chi connectivity index (χ0v) is 7.42. The standard InChI is InChI=1S/C9H18O2/c1-7(2)9(10)11-8-5-3-4-6-8/h7-10H,3-6H2,1-2H3. The van der Waals surface area contributed by atoms with Crippen LogP contribution in [0.1, 0.15) is 39.5 Å². The molecular weight excluding hydrogens is 140 g/mol. The maximum Gasteiger partial charge on any atom is 0.157 e. The van der Waals surface area contributed by atoms with Gasteiger partial charge in [-0.15, -0.1) is 0 Å². The first-order valence-corrected chi connectivity index (χ1v) is 4.53. The summed E-state index contributed by atoms with van der Waals surface area (Å²) in [6.45, 7) is 3.94. The number of aliphatic hydroxyl groups excluding tert-OH is 1. The lowest BCUT2D eigenvalue weighted by Crippen LogP contribution is -2.24. The number of aliphatic hydroxyl groups is 1. The van der Waals surface area contributed by atoms with Gasteiger partial charge in [0.25, 0.3) is 0 Å². The Morgan fingerprint density at radius 2 is 1.82 bits per heavy atom. The van der Waals surface area contributed by atoms with Gasteiger partial charge in [-0.25, -0.2) is 0 Å². The Labute approximate surface area is 68.6 Å². The lowest BCUT2D eigenvalue weighted by atomic mass is 10.2. The fraction of sp³-hybridized carbons (Fsp3) is 1.00. The largest absolute Gasteiger partial charge is 0.368 e. The summed E-state index contributed by atoms with van der Waals surface area (Å²) in [5.74, 6) is 0.218.